The molecule has 0 amide bonds. The van der Waals surface area contributed by atoms with Crippen molar-refractivity contribution < 1.29 is 8.94 Å². The summed E-state index contributed by atoms with van der Waals surface area (Å²) >= 11 is 3.27. The summed E-state index contributed by atoms with van der Waals surface area (Å²) in [6, 6.07) is 3.66. The monoisotopic (exact) mass is 345 g/mol. The SMILES string of the molecule is Brc1ccc(-c2noc(C3CC34CCNC4)n2)o1.Cl. The number of furan rings is 1. The van der Waals surface area contributed by atoms with E-state index in [2.05, 4.69) is 31.4 Å². The van der Waals surface area contributed by atoms with Gasteiger partial charge in [0.25, 0.3) is 0 Å². The molecule has 2 aromatic heterocycles. The van der Waals surface area contributed by atoms with Crippen LogP contribution in [-0.2, 0) is 0 Å². The molecule has 1 N–H and O–H groups in total. The van der Waals surface area contributed by atoms with E-state index in [0.29, 0.717) is 27.6 Å². The van der Waals surface area contributed by atoms with Gasteiger partial charge in [-0.3, -0.25) is 0 Å². The van der Waals surface area contributed by atoms with Gasteiger partial charge in [0.2, 0.25) is 11.7 Å². The Kier molecular flexibility index (Phi) is 3.19. The molecule has 1 saturated heterocycles. The fourth-order valence-corrected chi connectivity index (χ4v) is 3.15. The quantitative estimate of drug-likeness (QED) is 0.905. The molecule has 7 heteroatoms. The second-order valence-corrected chi connectivity index (χ2v) is 5.89. The van der Waals surface area contributed by atoms with E-state index in [4.69, 9.17) is 8.94 Å². The maximum Gasteiger partial charge on any atom is 0.238 e. The summed E-state index contributed by atoms with van der Waals surface area (Å²) < 4.78 is 11.5. The molecule has 0 aromatic carbocycles. The van der Waals surface area contributed by atoms with Crippen LogP contribution < -0.4 is 5.32 Å². The summed E-state index contributed by atoms with van der Waals surface area (Å²) in [6.45, 7) is 2.17. The maximum absolute atomic E-state index is 5.42. The van der Waals surface area contributed by atoms with Crippen LogP contribution in [0.1, 0.15) is 24.7 Å². The van der Waals surface area contributed by atoms with Crippen LogP contribution in [-0.4, -0.2) is 23.2 Å². The zero-order chi connectivity index (χ0) is 12.2. The molecule has 1 spiro atoms. The van der Waals surface area contributed by atoms with Crippen LogP contribution in [0.3, 0.4) is 0 Å². The minimum atomic E-state index is 0. The summed E-state index contributed by atoms with van der Waals surface area (Å²) in [5.74, 6) is 2.34. The summed E-state index contributed by atoms with van der Waals surface area (Å²) in [5.41, 5.74) is 0.382. The van der Waals surface area contributed by atoms with Crippen LogP contribution in [0.4, 0.5) is 0 Å². The first-order valence-corrected chi connectivity index (χ1v) is 6.86. The first-order chi connectivity index (χ1) is 8.77. The minimum absolute atomic E-state index is 0. The normalized spacial score (nSPS) is 28.6. The highest BCUT2D eigenvalue weighted by Gasteiger charge is 2.58. The van der Waals surface area contributed by atoms with Crippen molar-refractivity contribution >= 4 is 28.3 Å². The molecule has 102 valence electrons. The number of aromatic nitrogens is 2. The van der Waals surface area contributed by atoms with Crippen molar-refractivity contribution in [3.05, 3.63) is 22.7 Å². The standard InChI is InChI=1S/C12H12BrN3O2.ClH/c13-9-2-1-8(17-9)10-15-11(18-16-10)7-5-12(7)3-4-14-6-12;/h1-2,7,14H,3-6H2;1H. The lowest BCUT2D eigenvalue weighted by molar-refractivity contribution is 0.363. The molecular formula is C12H13BrClN3O2. The highest BCUT2D eigenvalue weighted by molar-refractivity contribution is 9.10. The van der Waals surface area contributed by atoms with Crippen molar-refractivity contribution in [2.24, 2.45) is 5.41 Å². The number of rotatable bonds is 2. The Labute approximate surface area is 124 Å². The van der Waals surface area contributed by atoms with E-state index >= 15 is 0 Å². The van der Waals surface area contributed by atoms with Crippen LogP contribution in [0, 0.1) is 5.41 Å². The third kappa shape index (κ3) is 2.11. The molecule has 2 unspecified atom stereocenters. The van der Waals surface area contributed by atoms with Crippen molar-refractivity contribution in [1.82, 2.24) is 15.5 Å². The van der Waals surface area contributed by atoms with E-state index in [-0.39, 0.29) is 12.4 Å². The minimum Gasteiger partial charge on any atom is -0.446 e. The molecule has 1 saturated carbocycles. The lowest BCUT2D eigenvalue weighted by Gasteiger charge is -2.02. The zero-order valence-corrected chi connectivity index (χ0v) is 12.5. The van der Waals surface area contributed by atoms with E-state index in [0.717, 1.165) is 25.4 Å². The van der Waals surface area contributed by atoms with Crippen molar-refractivity contribution in [2.75, 3.05) is 13.1 Å². The lowest BCUT2D eigenvalue weighted by atomic mass is 10.0. The van der Waals surface area contributed by atoms with Gasteiger partial charge in [0, 0.05) is 12.5 Å². The molecular weight excluding hydrogens is 334 g/mol. The van der Waals surface area contributed by atoms with Gasteiger partial charge in [0.15, 0.2) is 10.4 Å². The fraction of sp³-hybridized carbons (Fsp3) is 0.500. The van der Waals surface area contributed by atoms with E-state index in [1.54, 1.807) is 0 Å². The number of hydrogen-bond donors (Lipinski definition) is 1. The van der Waals surface area contributed by atoms with E-state index < -0.39 is 0 Å². The predicted molar refractivity (Wildman–Crippen MR) is 74.2 cm³/mol. The number of nitrogens with one attached hydrogen (secondary N) is 1. The Bertz CT molecular complexity index is 591. The molecule has 2 aliphatic rings. The third-order valence-electron chi connectivity index (χ3n) is 4.00. The predicted octanol–water partition coefficient (Wildman–Crippen LogP) is 2.98. The second-order valence-electron chi connectivity index (χ2n) is 5.11. The molecule has 2 atom stereocenters. The molecule has 0 bridgehead atoms. The topological polar surface area (TPSA) is 64.1 Å². The van der Waals surface area contributed by atoms with Gasteiger partial charge in [-0.15, -0.1) is 12.4 Å². The molecule has 1 aliphatic carbocycles. The van der Waals surface area contributed by atoms with Crippen molar-refractivity contribution in [3.8, 4) is 11.6 Å². The van der Waals surface area contributed by atoms with Gasteiger partial charge in [0.1, 0.15) is 0 Å². The van der Waals surface area contributed by atoms with Gasteiger partial charge < -0.3 is 14.3 Å². The maximum atomic E-state index is 5.42. The molecule has 2 fully saturated rings. The van der Waals surface area contributed by atoms with Gasteiger partial charge in [-0.1, -0.05) is 5.16 Å². The van der Waals surface area contributed by atoms with Crippen LogP contribution in [0.2, 0.25) is 0 Å². The van der Waals surface area contributed by atoms with Crippen LogP contribution in [0.25, 0.3) is 11.6 Å². The van der Waals surface area contributed by atoms with E-state index in [1.807, 2.05) is 12.1 Å². The largest absolute Gasteiger partial charge is 0.446 e. The third-order valence-corrected chi connectivity index (χ3v) is 4.43. The fourth-order valence-electron chi connectivity index (χ4n) is 2.84. The Morgan fingerprint density at radius 2 is 2.32 bits per heavy atom. The number of hydrogen-bond acceptors (Lipinski definition) is 5. The highest BCUT2D eigenvalue weighted by atomic mass is 79.9. The zero-order valence-electron chi connectivity index (χ0n) is 10.1. The Hall–Kier alpha value is -0.850. The second kappa shape index (κ2) is 4.61. The molecule has 3 heterocycles. The van der Waals surface area contributed by atoms with E-state index in [9.17, 15) is 0 Å². The highest BCUT2D eigenvalue weighted by Crippen LogP contribution is 2.62. The Balaban J connectivity index is 0.00000110. The number of halogens is 2. The van der Waals surface area contributed by atoms with E-state index in [1.165, 1.54) is 6.42 Å². The van der Waals surface area contributed by atoms with Crippen molar-refractivity contribution in [3.63, 3.8) is 0 Å². The Morgan fingerprint density at radius 1 is 1.42 bits per heavy atom. The van der Waals surface area contributed by atoms with Crippen molar-refractivity contribution in [2.45, 2.75) is 18.8 Å². The summed E-state index contributed by atoms with van der Waals surface area (Å²) in [4.78, 5) is 4.45. The molecule has 19 heavy (non-hydrogen) atoms. The molecule has 5 nitrogen and oxygen atoms in total. The van der Waals surface area contributed by atoms with Crippen LogP contribution >= 0.6 is 28.3 Å². The van der Waals surface area contributed by atoms with Gasteiger partial charge in [-0.2, -0.15) is 4.98 Å². The van der Waals surface area contributed by atoms with Crippen molar-refractivity contribution in [1.29, 1.82) is 0 Å². The van der Waals surface area contributed by atoms with Gasteiger partial charge in [0.05, 0.1) is 0 Å². The van der Waals surface area contributed by atoms with Crippen LogP contribution in [0.5, 0.6) is 0 Å². The molecule has 1 aliphatic heterocycles. The Morgan fingerprint density at radius 3 is 3.00 bits per heavy atom. The summed E-state index contributed by atoms with van der Waals surface area (Å²) in [5, 5.41) is 7.40. The molecule has 4 rings (SSSR count). The average Bonchev–Trinajstić information content (AvgIpc) is 2.84. The first kappa shape index (κ1) is 13.1. The van der Waals surface area contributed by atoms with Gasteiger partial charge >= 0.3 is 0 Å². The summed E-state index contributed by atoms with van der Waals surface area (Å²) in [6.07, 6.45) is 2.37. The lowest BCUT2D eigenvalue weighted by Crippen LogP contribution is -2.10. The van der Waals surface area contributed by atoms with Gasteiger partial charge in [-0.25, -0.2) is 0 Å². The van der Waals surface area contributed by atoms with Gasteiger partial charge in [-0.05, 0) is 52.9 Å². The molecule has 0 radical (unpaired) electrons. The first-order valence-electron chi connectivity index (χ1n) is 6.07. The number of nitrogens with zero attached hydrogens (tertiary/aromatic N) is 2. The van der Waals surface area contributed by atoms with Crippen LogP contribution in [0.15, 0.2) is 25.7 Å². The smallest absolute Gasteiger partial charge is 0.238 e. The summed E-state index contributed by atoms with van der Waals surface area (Å²) in [7, 11) is 0. The molecule has 2 aromatic rings. The average molecular weight is 347 g/mol.